The number of anilines is 1. The Morgan fingerprint density at radius 2 is 1.94 bits per heavy atom. The Kier molecular flexibility index (Phi) is 3.06. The van der Waals surface area contributed by atoms with Crippen molar-refractivity contribution in [1.29, 1.82) is 0 Å². The van der Waals surface area contributed by atoms with E-state index in [1.807, 2.05) is 0 Å². The number of nitrogens with two attached hydrogens (primary N) is 1. The SMILES string of the molecule is NNc1cc(-c2nnccc2C(F)(F)F)cnn1. The normalized spacial score (nSPS) is 11.3. The second-order valence-electron chi connectivity index (χ2n) is 3.27. The van der Waals surface area contributed by atoms with Crippen LogP contribution in [0.5, 0.6) is 0 Å². The van der Waals surface area contributed by atoms with Crippen LogP contribution in [-0.4, -0.2) is 20.4 Å². The Balaban J connectivity index is 2.57. The maximum atomic E-state index is 12.8. The minimum Gasteiger partial charge on any atom is -0.307 e. The van der Waals surface area contributed by atoms with Gasteiger partial charge in [0.25, 0.3) is 0 Å². The molecule has 0 saturated carbocycles. The fourth-order valence-corrected chi connectivity index (χ4v) is 1.34. The molecule has 9 heteroatoms. The van der Waals surface area contributed by atoms with E-state index in [9.17, 15) is 13.2 Å². The van der Waals surface area contributed by atoms with E-state index in [4.69, 9.17) is 5.84 Å². The molecule has 0 aliphatic carbocycles. The van der Waals surface area contributed by atoms with E-state index >= 15 is 0 Å². The number of alkyl halides is 3. The van der Waals surface area contributed by atoms with Gasteiger partial charge in [-0.05, 0) is 12.1 Å². The third-order valence-electron chi connectivity index (χ3n) is 2.10. The molecule has 0 unspecified atom stereocenters. The number of hydrogen-bond acceptors (Lipinski definition) is 6. The second kappa shape index (κ2) is 4.53. The van der Waals surface area contributed by atoms with Gasteiger partial charge in [0.2, 0.25) is 0 Å². The third kappa shape index (κ3) is 2.35. The predicted octanol–water partition coefficient (Wildman–Crippen LogP) is 1.24. The molecule has 0 aliphatic heterocycles. The Hall–Kier alpha value is -2.29. The number of nitrogens with zero attached hydrogens (tertiary/aromatic N) is 4. The van der Waals surface area contributed by atoms with Gasteiger partial charge in [-0.1, -0.05) is 0 Å². The molecule has 6 nitrogen and oxygen atoms in total. The summed E-state index contributed by atoms with van der Waals surface area (Å²) in [4.78, 5) is 0. The van der Waals surface area contributed by atoms with Crippen molar-refractivity contribution in [2.75, 3.05) is 5.43 Å². The quantitative estimate of drug-likeness (QED) is 0.620. The highest BCUT2D eigenvalue weighted by Gasteiger charge is 2.34. The van der Waals surface area contributed by atoms with Crippen LogP contribution >= 0.6 is 0 Å². The Morgan fingerprint density at radius 3 is 2.61 bits per heavy atom. The van der Waals surface area contributed by atoms with Crippen LogP contribution < -0.4 is 11.3 Å². The summed E-state index contributed by atoms with van der Waals surface area (Å²) in [5.74, 6) is 5.24. The average Bonchev–Trinajstić information content (AvgIpc) is 2.38. The number of aromatic nitrogens is 4. The fraction of sp³-hybridized carbons (Fsp3) is 0.111. The van der Waals surface area contributed by atoms with Crippen LogP contribution in [0.2, 0.25) is 0 Å². The Morgan fingerprint density at radius 1 is 1.17 bits per heavy atom. The van der Waals surface area contributed by atoms with Gasteiger partial charge in [-0.2, -0.15) is 23.4 Å². The lowest BCUT2D eigenvalue weighted by Crippen LogP contribution is -2.11. The molecule has 0 spiro atoms. The molecular formula is C9H7F3N6. The van der Waals surface area contributed by atoms with Gasteiger partial charge in [0.1, 0.15) is 5.69 Å². The molecule has 2 heterocycles. The van der Waals surface area contributed by atoms with E-state index < -0.39 is 11.7 Å². The molecule has 2 rings (SSSR count). The van der Waals surface area contributed by atoms with Crippen molar-refractivity contribution in [3.8, 4) is 11.3 Å². The topological polar surface area (TPSA) is 89.6 Å². The van der Waals surface area contributed by atoms with Crippen LogP contribution in [-0.2, 0) is 6.18 Å². The van der Waals surface area contributed by atoms with E-state index in [1.54, 1.807) is 0 Å². The monoisotopic (exact) mass is 256 g/mol. The van der Waals surface area contributed by atoms with Crippen molar-refractivity contribution in [2.24, 2.45) is 5.84 Å². The molecule has 0 amide bonds. The molecule has 3 N–H and O–H groups in total. The van der Waals surface area contributed by atoms with E-state index in [1.165, 1.54) is 6.07 Å². The number of nitrogens with one attached hydrogen (secondary N) is 1. The maximum Gasteiger partial charge on any atom is 0.418 e. The minimum absolute atomic E-state index is 0.123. The van der Waals surface area contributed by atoms with Gasteiger partial charge in [0.05, 0.1) is 18.0 Å². The molecule has 0 aromatic carbocycles. The first-order valence-corrected chi connectivity index (χ1v) is 4.71. The lowest BCUT2D eigenvalue weighted by molar-refractivity contribution is -0.137. The highest BCUT2D eigenvalue weighted by atomic mass is 19.4. The van der Waals surface area contributed by atoms with Gasteiger partial charge in [-0.15, -0.1) is 10.2 Å². The Bertz CT molecular complexity index is 556. The van der Waals surface area contributed by atoms with E-state index in [0.717, 1.165) is 18.5 Å². The largest absolute Gasteiger partial charge is 0.418 e. The zero-order valence-electron chi connectivity index (χ0n) is 8.81. The molecule has 0 saturated heterocycles. The second-order valence-corrected chi connectivity index (χ2v) is 3.27. The number of rotatable bonds is 2. The van der Waals surface area contributed by atoms with Crippen molar-refractivity contribution in [2.45, 2.75) is 6.18 Å². The summed E-state index contributed by atoms with van der Waals surface area (Å²) in [6.07, 6.45) is -2.39. The first-order chi connectivity index (χ1) is 8.52. The molecule has 18 heavy (non-hydrogen) atoms. The van der Waals surface area contributed by atoms with Crippen LogP contribution in [0, 0.1) is 0 Å². The molecule has 0 fully saturated rings. The highest BCUT2D eigenvalue weighted by Crippen LogP contribution is 2.35. The molecule has 94 valence electrons. The van der Waals surface area contributed by atoms with Crippen LogP contribution in [0.15, 0.2) is 24.5 Å². The van der Waals surface area contributed by atoms with Crippen molar-refractivity contribution in [3.63, 3.8) is 0 Å². The lowest BCUT2D eigenvalue weighted by atomic mass is 10.1. The first kappa shape index (κ1) is 12.2. The number of nitrogen functional groups attached to an aromatic ring is 1. The number of hydrogen-bond donors (Lipinski definition) is 2. The summed E-state index contributed by atoms with van der Waals surface area (Å²) in [5, 5.41) is 14.0. The number of hydrazine groups is 1. The van der Waals surface area contributed by atoms with Crippen LogP contribution in [0.4, 0.5) is 19.0 Å². The van der Waals surface area contributed by atoms with Gasteiger partial charge in [0, 0.05) is 5.56 Å². The van der Waals surface area contributed by atoms with Gasteiger partial charge in [-0.25, -0.2) is 5.84 Å². The van der Waals surface area contributed by atoms with E-state index in [2.05, 4.69) is 25.8 Å². The smallest absolute Gasteiger partial charge is 0.307 e. The van der Waals surface area contributed by atoms with Gasteiger partial charge in [-0.3, -0.25) is 0 Å². The molecule has 2 aromatic rings. The summed E-state index contributed by atoms with van der Waals surface area (Å²) in [7, 11) is 0. The standard InChI is InChI=1S/C9H7F3N6/c10-9(11,12)6-1-2-14-18-8(6)5-3-7(16-13)17-15-4-5/h1-4H,13H2,(H,16,17). The molecule has 0 aliphatic rings. The zero-order chi connectivity index (χ0) is 13.2. The summed E-state index contributed by atoms with van der Waals surface area (Å²) in [6.45, 7) is 0. The maximum absolute atomic E-state index is 12.8. The third-order valence-corrected chi connectivity index (χ3v) is 2.10. The van der Waals surface area contributed by atoms with Gasteiger partial charge >= 0.3 is 6.18 Å². The average molecular weight is 256 g/mol. The summed E-state index contributed by atoms with van der Waals surface area (Å²) < 4.78 is 38.3. The van der Waals surface area contributed by atoms with E-state index in [-0.39, 0.29) is 17.1 Å². The molecule has 0 bridgehead atoms. The summed E-state index contributed by atoms with van der Waals surface area (Å²) >= 11 is 0. The van der Waals surface area contributed by atoms with Crippen molar-refractivity contribution < 1.29 is 13.2 Å². The van der Waals surface area contributed by atoms with Gasteiger partial charge < -0.3 is 5.43 Å². The zero-order valence-corrected chi connectivity index (χ0v) is 8.81. The van der Waals surface area contributed by atoms with E-state index in [0.29, 0.717) is 0 Å². The minimum atomic E-state index is -4.52. The molecule has 0 radical (unpaired) electrons. The predicted molar refractivity (Wildman–Crippen MR) is 55.9 cm³/mol. The molecular weight excluding hydrogens is 249 g/mol. The lowest BCUT2D eigenvalue weighted by Gasteiger charge is -2.10. The van der Waals surface area contributed by atoms with Crippen molar-refractivity contribution in [3.05, 3.63) is 30.1 Å². The highest BCUT2D eigenvalue weighted by molar-refractivity contribution is 5.64. The summed E-state index contributed by atoms with van der Waals surface area (Å²) in [6, 6.07) is 2.14. The fourth-order valence-electron chi connectivity index (χ4n) is 1.34. The van der Waals surface area contributed by atoms with Crippen molar-refractivity contribution in [1.82, 2.24) is 20.4 Å². The number of halogens is 3. The molecule has 2 aromatic heterocycles. The Labute approximate surface area is 99.0 Å². The first-order valence-electron chi connectivity index (χ1n) is 4.71. The van der Waals surface area contributed by atoms with Gasteiger partial charge in [0.15, 0.2) is 5.82 Å². The van der Waals surface area contributed by atoms with Crippen LogP contribution in [0.25, 0.3) is 11.3 Å². The summed E-state index contributed by atoms with van der Waals surface area (Å²) in [5.41, 5.74) is 1.10. The molecule has 0 atom stereocenters. The van der Waals surface area contributed by atoms with Crippen LogP contribution in [0.3, 0.4) is 0 Å². The van der Waals surface area contributed by atoms with Crippen LogP contribution in [0.1, 0.15) is 5.56 Å². The van der Waals surface area contributed by atoms with Crippen molar-refractivity contribution >= 4 is 5.82 Å².